The number of nitrogens with zero attached hydrogens (tertiary/aromatic N) is 2. The maximum atomic E-state index is 12.0. The van der Waals surface area contributed by atoms with Crippen molar-refractivity contribution < 1.29 is 9.53 Å². The van der Waals surface area contributed by atoms with Crippen molar-refractivity contribution in [2.75, 3.05) is 20.2 Å². The number of methoxy groups -OCH3 is 1. The SMILES string of the molecule is COc1cc(CC(=O)N2CCCC2)c(C)cn1. The highest BCUT2D eigenvalue weighted by molar-refractivity contribution is 5.79. The largest absolute Gasteiger partial charge is 0.481 e. The third-order valence-corrected chi connectivity index (χ3v) is 3.20. The fourth-order valence-corrected chi connectivity index (χ4v) is 2.09. The Morgan fingerprint density at radius 1 is 1.47 bits per heavy atom. The molecule has 4 nitrogen and oxygen atoms in total. The second kappa shape index (κ2) is 5.17. The summed E-state index contributed by atoms with van der Waals surface area (Å²) >= 11 is 0. The summed E-state index contributed by atoms with van der Waals surface area (Å²) in [6, 6.07) is 1.85. The molecular formula is C13H18N2O2. The van der Waals surface area contributed by atoms with E-state index in [4.69, 9.17) is 4.74 Å². The maximum Gasteiger partial charge on any atom is 0.227 e. The van der Waals surface area contributed by atoms with Gasteiger partial charge in [-0.05, 0) is 30.9 Å². The minimum absolute atomic E-state index is 0.207. The van der Waals surface area contributed by atoms with Crippen LogP contribution in [0.4, 0.5) is 0 Å². The first-order valence-corrected chi connectivity index (χ1v) is 5.98. The van der Waals surface area contributed by atoms with Gasteiger partial charge < -0.3 is 9.64 Å². The molecule has 1 saturated heterocycles. The summed E-state index contributed by atoms with van der Waals surface area (Å²) in [5.41, 5.74) is 2.05. The Bertz CT molecular complexity index is 412. The number of carbonyl (C=O) groups is 1. The van der Waals surface area contributed by atoms with Gasteiger partial charge in [0.15, 0.2) is 0 Å². The number of hydrogen-bond donors (Lipinski definition) is 0. The first-order chi connectivity index (χ1) is 8.20. The molecule has 1 aromatic rings. The van der Waals surface area contributed by atoms with Crippen LogP contribution in [0.15, 0.2) is 12.3 Å². The van der Waals surface area contributed by atoms with Gasteiger partial charge >= 0.3 is 0 Å². The van der Waals surface area contributed by atoms with Crippen LogP contribution in [0.5, 0.6) is 5.88 Å². The summed E-state index contributed by atoms with van der Waals surface area (Å²) in [5, 5.41) is 0. The van der Waals surface area contributed by atoms with E-state index in [1.807, 2.05) is 17.9 Å². The lowest BCUT2D eigenvalue weighted by Gasteiger charge is -2.16. The summed E-state index contributed by atoms with van der Waals surface area (Å²) in [4.78, 5) is 18.1. The van der Waals surface area contributed by atoms with Crippen molar-refractivity contribution in [3.8, 4) is 5.88 Å². The van der Waals surface area contributed by atoms with Crippen LogP contribution in [0.1, 0.15) is 24.0 Å². The molecule has 0 atom stereocenters. The Hall–Kier alpha value is -1.58. The summed E-state index contributed by atoms with van der Waals surface area (Å²) in [5.74, 6) is 0.777. The number of aryl methyl sites for hydroxylation is 1. The molecular weight excluding hydrogens is 216 g/mol. The predicted octanol–water partition coefficient (Wildman–Crippen LogP) is 1.56. The number of pyridine rings is 1. The molecule has 17 heavy (non-hydrogen) atoms. The van der Waals surface area contributed by atoms with Crippen molar-refractivity contribution >= 4 is 5.91 Å². The van der Waals surface area contributed by atoms with E-state index in [1.54, 1.807) is 13.3 Å². The average Bonchev–Trinajstić information content (AvgIpc) is 2.85. The van der Waals surface area contributed by atoms with Crippen LogP contribution in [0.3, 0.4) is 0 Å². The van der Waals surface area contributed by atoms with Crippen LogP contribution in [0.2, 0.25) is 0 Å². The standard InChI is InChI=1S/C13H18N2O2/c1-10-9-14-12(17-2)7-11(10)8-13(16)15-5-3-4-6-15/h7,9H,3-6,8H2,1-2H3. The Balaban J connectivity index is 2.09. The third-order valence-electron chi connectivity index (χ3n) is 3.20. The lowest BCUT2D eigenvalue weighted by Crippen LogP contribution is -2.29. The molecule has 0 aromatic carbocycles. The zero-order valence-corrected chi connectivity index (χ0v) is 10.4. The third kappa shape index (κ3) is 2.75. The number of amides is 1. The Morgan fingerprint density at radius 3 is 2.82 bits per heavy atom. The Morgan fingerprint density at radius 2 is 2.18 bits per heavy atom. The minimum Gasteiger partial charge on any atom is -0.481 e. The van der Waals surface area contributed by atoms with Gasteiger partial charge in [-0.2, -0.15) is 0 Å². The van der Waals surface area contributed by atoms with Crippen LogP contribution >= 0.6 is 0 Å². The summed E-state index contributed by atoms with van der Waals surface area (Å²) in [6.07, 6.45) is 4.46. The first kappa shape index (κ1) is 11.9. The van der Waals surface area contributed by atoms with E-state index in [9.17, 15) is 4.79 Å². The van der Waals surface area contributed by atoms with E-state index in [0.717, 1.165) is 37.1 Å². The van der Waals surface area contributed by atoms with Crippen LogP contribution in [-0.4, -0.2) is 36.0 Å². The number of likely N-dealkylation sites (tertiary alicyclic amines) is 1. The monoisotopic (exact) mass is 234 g/mol. The number of hydrogen-bond acceptors (Lipinski definition) is 3. The smallest absolute Gasteiger partial charge is 0.227 e. The molecule has 2 rings (SSSR count). The van der Waals surface area contributed by atoms with Gasteiger partial charge in [0, 0.05) is 25.4 Å². The zero-order valence-electron chi connectivity index (χ0n) is 10.4. The molecule has 1 amide bonds. The molecule has 1 fully saturated rings. The summed E-state index contributed by atoms with van der Waals surface area (Å²) in [7, 11) is 1.59. The van der Waals surface area contributed by atoms with Crippen molar-refractivity contribution in [3.05, 3.63) is 23.4 Å². The quantitative estimate of drug-likeness (QED) is 0.797. The minimum atomic E-state index is 0.207. The van der Waals surface area contributed by atoms with Gasteiger partial charge in [0.05, 0.1) is 13.5 Å². The van der Waals surface area contributed by atoms with Crippen molar-refractivity contribution in [1.82, 2.24) is 9.88 Å². The van der Waals surface area contributed by atoms with Gasteiger partial charge in [0.1, 0.15) is 0 Å². The van der Waals surface area contributed by atoms with Crippen LogP contribution in [0, 0.1) is 6.92 Å². The second-order valence-electron chi connectivity index (χ2n) is 4.42. The lowest BCUT2D eigenvalue weighted by molar-refractivity contribution is -0.129. The summed E-state index contributed by atoms with van der Waals surface area (Å²) in [6.45, 7) is 3.78. The number of ether oxygens (including phenoxy) is 1. The van der Waals surface area contributed by atoms with E-state index in [1.165, 1.54) is 0 Å². The van der Waals surface area contributed by atoms with E-state index >= 15 is 0 Å². The molecule has 92 valence electrons. The Labute approximate surface area is 102 Å². The highest BCUT2D eigenvalue weighted by Crippen LogP contribution is 2.16. The maximum absolute atomic E-state index is 12.0. The molecule has 2 heterocycles. The number of aromatic nitrogens is 1. The van der Waals surface area contributed by atoms with Crippen LogP contribution in [0.25, 0.3) is 0 Å². The summed E-state index contributed by atoms with van der Waals surface area (Å²) < 4.78 is 5.08. The molecule has 0 unspecified atom stereocenters. The molecule has 1 aromatic heterocycles. The number of rotatable bonds is 3. The van der Waals surface area contributed by atoms with Gasteiger partial charge in [0.2, 0.25) is 11.8 Å². The van der Waals surface area contributed by atoms with E-state index in [-0.39, 0.29) is 5.91 Å². The van der Waals surface area contributed by atoms with E-state index in [2.05, 4.69) is 4.98 Å². The van der Waals surface area contributed by atoms with E-state index < -0.39 is 0 Å². The van der Waals surface area contributed by atoms with Gasteiger partial charge in [-0.1, -0.05) is 0 Å². The van der Waals surface area contributed by atoms with Crippen LogP contribution in [-0.2, 0) is 11.2 Å². The molecule has 1 aliphatic heterocycles. The molecule has 1 aliphatic rings. The molecule has 0 aliphatic carbocycles. The van der Waals surface area contributed by atoms with E-state index in [0.29, 0.717) is 12.3 Å². The van der Waals surface area contributed by atoms with Gasteiger partial charge in [-0.3, -0.25) is 4.79 Å². The molecule has 0 spiro atoms. The zero-order chi connectivity index (χ0) is 12.3. The highest BCUT2D eigenvalue weighted by Gasteiger charge is 2.18. The van der Waals surface area contributed by atoms with Gasteiger partial charge in [-0.25, -0.2) is 4.98 Å². The molecule has 0 saturated carbocycles. The fourth-order valence-electron chi connectivity index (χ4n) is 2.09. The normalized spacial score (nSPS) is 15.1. The lowest BCUT2D eigenvalue weighted by atomic mass is 10.1. The first-order valence-electron chi connectivity index (χ1n) is 5.98. The van der Waals surface area contributed by atoms with Crippen molar-refractivity contribution in [1.29, 1.82) is 0 Å². The second-order valence-corrected chi connectivity index (χ2v) is 4.42. The van der Waals surface area contributed by atoms with Gasteiger partial charge in [-0.15, -0.1) is 0 Å². The molecule has 0 N–H and O–H groups in total. The van der Waals surface area contributed by atoms with Gasteiger partial charge in [0.25, 0.3) is 0 Å². The van der Waals surface area contributed by atoms with Crippen LogP contribution < -0.4 is 4.74 Å². The fraction of sp³-hybridized carbons (Fsp3) is 0.538. The molecule has 4 heteroatoms. The van der Waals surface area contributed by atoms with Crippen molar-refractivity contribution in [3.63, 3.8) is 0 Å². The topological polar surface area (TPSA) is 42.4 Å². The molecule has 0 bridgehead atoms. The number of carbonyl (C=O) groups excluding carboxylic acids is 1. The van der Waals surface area contributed by atoms with Crippen molar-refractivity contribution in [2.24, 2.45) is 0 Å². The molecule has 0 radical (unpaired) electrons. The average molecular weight is 234 g/mol. The predicted molar refractivity (Wildman–Crippen MR) is 65.0 cm³/mol. The van der Waals surface area contributed by atoms with Crippen molar-refractivity contribution in [2.45, 2.75) is 26.2 Å². The Kier molecular flexibility index (Phi) is 3.61. The highest BCUT2D eigenvalue weighted by atomic mass is 16.5.